The normalized spacial score (nSPS) is 12.7. The van der Waals surface area contributed by atoms with Crippen molar-refractivity contribution in [1.29, 1.82) is 0 Å². The molecule has 2 heteroatoms. The van der Waals surface area contributed by atoms with Gasteiger partial charge in [0.15, 0.2) is 0 Å². The van der Waals surface area contributed by atoms with E-state index >= 15 is 0 Å². The number of hydrogen-bond acceptors (Lipinski definition) is 2. The third-order valence-electron chi connectivity index (χ3n) is 3.48. The number of hydrogen-bond donors (Lipinski definition) is 0. The van der Waals surface area contributed by atoms with Gasteiger partial charge in [-0.2, -0.15) is 0 Å². The lowest BCUT2D eigenvalue weighted by atomic mass is 9.81. The molecule has 0 N–H and O–H groups in total. The van der Waals surface area contributed by atoms with E-state index in [2.05, 4.69) is 63.9 Å². The maximum atomic E-state index is 5.99. The lowest BCUT2D eigenvalue weighted by Crippen LogP contribution is -2.20. The fraction of sp³-hybridized carbons (Fsp3) is 0.471. The minimum Gasteiger partial charge on any atom is -0.466 e. The Bertz CT molecular complexity index is 532. The molecule has 2 aromatic rings. The van der Waals surface area contributed by atoms with Crippen LogP contribution < -0.4 is 0 Å². The van der Waals surface area contributed by atoms with E-state index < -0.39 is 0 Å². The molecular weight excluding hydrogens is 234 g/mol. The molecule has 0 saturated carbocycles. The van der Waals surface area contributed by atoms with E-state index in [1.807, 2.05) is 12.4 Å². The molecule has 0 amide bonds. The van der Waals surface area contributed by atoms with Crippen molar-refractivity contribution in [2.45, 2.75) is 51.9 Å². The minimum atomic E-state index is 0.0515. The van der Waals surface area contributed by atoms with Crippen molar-refractivity contribution < 1.29 is 4.42 Å². The molecule has 0 saturated heterocycles. The predicted octanol–water partition coefficient (Wildman–Crippen LogP) is 4.49. The molecule has 0 bridgehead atoms. The zero-order valence-electron chi connectivity index (χ0n) is 12.5. The van der Waals surface area contributed by atoms with Crippen molar-refractivity contribution in [2.24, 2.45) is 0 Å². The highest BCUT2D eigenvalue weighted by Crippen LogP contribution is 2.30. The smallest absolute Gasteiger partial charge is 0.109 e. The average Bonchev–Trinajstić information content (AvgIpc) is 2.78. The predicted molar refractivity (Wildman–Crippen MR) is 78.4 cm³/mol. The monoisotopic (exact) mass is 257 g/mol. The van der Waals surface area contributed by atoms with E-state index in [4.69, 9.17) is 4.42 Å². The van der Waals surface area contributed by atoms with Gasteiger partial charge in [-0.1, -0.05) is 34.6 Å². The minimum absolute atomic E-state index is 0.0515. The molecule has 0 spiro atoms. The second-order valence-corrected chi connectivity index (χ2v) is 6.81. The first-order valence-electron chi connectivity index (χ1n) is 6.79. The molecule has 0 radical (unpaired) electrons. The molecule has 0 atom stereocenters. The Hall–Kier alpha value is -1.57. The molecule has 19 heavy (non-hydrogen) atoms. The topological polar surface area (TPSA) is 26.0 Å². The van der Waals surface area contributed by atoms with Crippen LogP contribution in [0.15, 0.2) is 41.1 Å². The highest BCUT2D eigenvalue weighted by atomic mass is 16.3. The van der Waals surface area contributed by atoms with Gasteiger partial charge in [0.05, 0.1) is 0 Å². The van der Waals surface area contributed by atoms with Gasteiger partial charge in [0.1, 0.15) is 11.5 Å². The quantitative estimate of drug-likeness (QED) is 0.809. The molecule has 0 aliphatic carbocycles. The molecule has 0 aliphatic rings. The lowest BCUT2D eigenvalue weighted by molar-refractivity contribution is 0.363. The summed E-state index contributed by atoms with van der Waals surface area (Å²) in [6, 6.07) is 8.35. The van der Waals surface area contributed by atoms with Crippen molar-refractivity contribution in [3.05, 3.63) is 53.7 Å². The van der Waals surface area contributed by atoms with E-state index in [1.165, 1.54) is 5.56 Å². The fourth-order valence-electron chi connectivity index (χ4n) is 2.22. The summed E-state index contributed by atoms with van der Waals surface area (Å²) >= 11 is 0. The van der Waals surface area contributed by atoms with Gasteiger partial charge in [-0.15, -0.1) is 0 Å². The molecule has 0 aliphatic heterocycles. The van der Waals surface area contributed by atoms with E-state index in [0.29, 0.717) is 0 Å². The number of nitrogens with zero attached hydrogens (tertiary/aromatic N) is 1. The van der Waals surface area contributed by atoms with Crippen molar-refractivity contribution >= 4 is 0 Å². The number of aromatic nitrogens is 1. The molecule has 2 heterocycles. The first-order valence-corrected chi connectivity index (χ1v) is 6.79. The Labute approximate surface area is 115 Å². The number of rotatable bonds is 3. The summed E-state index contributed by atoms with van der Waals surface area (Å²) in [5, 5.41) is 0. The summed E-state index contributed by atoms with van der Waals surface area (Å²) in [6.07, 6.45) is 4.59. The summed E-state index contributed by atoms with van der Waals surface area (Å²) in [5.41, 5.74) is 1.41. The van der Waals surface area contributed by atoms with Gasteiger partial charge >= 0.3 is 0 Å². The van der Waals surface area contributed by atoms with E-state index in [1.54, 1.807) is 0 Å². The van der Waals surface area contributed by atoms with Crippen LogP contribution in [-0.4, -0.2) is 4.98 Å². The Balaban J connectivity index is 2.19. The fourth-order valence-corrected chi connectivity index (χ4v) is 2.22. The zero-order valence-corrected chi connectivity index (χ0v) is 12.5. The van der Waals surface area contributed by atoms with Crippen molar-refractivity contribution in [3.63, 3.8) is 0 Å². The van der Waals surface area contributed by atoms with Crippen LogP contribution in [-0.2, 0) is 17.3 Å². The summed E-state index contributed by atoms with van der Waals surface area (Å²) in [4.78, 5) is 4.08. The molecular formula is C17H23NO. The van der Waals surface area contributed by atoms with E-state index in [9.17, 15) is 0 Å². The maximum Gasteiger partial charge on any atom is 0.109 e. The van der Waals surface area contributed by atoms with Crippen LogP contribution in [0.1, 0.15) is 51.7 Å². The first-order chi connectivity index (χ1) is 8.79. The van der Waals surface area contributed by atoms with E-state index in [0.717, 1.165) is 17.9 Å². The SMILES string of the molecule is CC(C)(C)c1ccc(CC(C)(C)c2ccncc2)o1. The van der Waals surface area contributed by atoms with Gasteiger partial charge in [-0.05, 0) is 35.2 Å². The molecule has 0 aromatic carbocycles. The first kappa shape index (κ1) is 13.9. The highest BCUT2D eigenvalue weighted by molar-refractivity contribution is 5.24. The third-order valence-corrected chi connectivity index (χ3v) is 3.48. The zero-order chi connectivity index (χ0) is 14.1. The lowest BCUT2D eigenvalue weighted by Gasteiger charge is -2.24. The summed E-state index contributed by atoms with van der Waals surface area (Å²) in [7, 11) is 0. The second kappa shape index (κ2) is 4.84. The summed E-state index contributed by atoms with van der Waals surface area (Å²) in [6.45, 7) is 11.0. The van der Waals surface area contributed by atoms with Gasteiger partial charge in [0.2, 0.25) is 0 Å². The number of furan rings is 1. The van der Waals surface area contributed by atoms with Gasteiger partial charge in [-0.3, -0.25) is 4.98 Å². The van der Waals surface area contributed by atoms with Crippen molar-refractivity contribution in [1.82, 2.24) is 4.98 Å². The van der Waals surface area contributed by atoms with Crippen LogP contribution >= 0.6 is 0 Å². The molecule has 102 valence electrons. The third kappa shape index (κ3) is 3.25. The summed E-state index contributed by atoms with van der Waals surface area (Å²) in [5.74, 6) is 2.10. The average molecular weight is 257 g/mol. The Morgan fingerprint density at radius 1 is 0.947 bits per heavy atom. The second-order valence-electron chi connectivity index (χ2n) is 6.81. The molecule has 2 rings (SSSR count). The molecule has 0 fully saturated rings. The highest BCUT2D eigenvalue weighted by Gasteiger charge is 2.24. The van der Waals surface area contributed by atoms with Gasteiger partial charge in [-0.25, -0.2) is 0 Å². The van der Waals surface area contributed by atoms with Crippen LogP contribution in [0.4, 0.5) is 0 Å². The Morgan fingerprint density at radius 2 is 1.58 bits per heavy atom. The van der Waals surface area contributed by atoms with Gasteiger partial charge < -0.3 is 4.42 Å². The van der Waals surface area contributed by atoms with Crippen LogP contribution in [0.3, 0.4) is 0 Å². The molecule has 2 aromatic heterocycles. The van der Waals surface area contributed by atoms with Crippen LogP contribution in [0.2, 0.25) is 0 Å². The van der Waals surface area contributed by atoms with Crippen molar-refractivity contribution in [2.75, 3.05) is 0 Å². The number of pyridine rings is 1. The maximum absolute atomic E-state index is 5.99. The van der Waals surface area contributed by atoms with Gasteiger partial charge in [0, 0.05) is 24.2 Å². The van der Waals surface area contributed by atoms with Crippen LogP contribution in [0, 0.1) is 0 Å². The Morgan fingerprint density at radius 3 is 2.11 bits per heavy atom. The Kier molecular flexibility index (Phi) is 3.53. The van der Waals surface area contributed by atoms with Gasteiger partial charge in [0.25, 0.3) is 0 Å². The molecule has 0 unspecified atom stereocenters. The van der Waals surface area contributed by atoms with Crippen LogP contribution in [0.5, 0.6) is 0 Å². The molecule has 2 nitrogen and oxygen atoms in total. The standard InChI is InChI=1S/C17H23NO/c1-16(2,3)15-7-6-14(19-15)12-17(4,5)13-8-10-18-11-9-13/h6-11H,12H2,1-5H3. The van der Waals surface area contributed by atoms with Crippen molar-refractivity contribution in [3.8, 4) is 0 Å². The van der Waals surface area contributed by atoms with Crippen LogP contribution in [0.25, 0.3) is 0 Å². The summed E-state index contributed by atoms with van der Waals surface area (Å²) < 4.78 is 5.99. The van der Waals surface area contributed by atoms with E-state index in [-0.39, 0.29) is 10.8 Å². The largest absolute Gasteiger partial charge is 0.466 e.